The van der Waals surface area contributed by atoms with E-state index in [-0.39, 0.29) is 0 Å². The first-order valence-electron chi connectivity index (χ1n) is 5.53. The van der Waals surface area contributed by atoms with Gasteiger partial charge in [0.1, 0.15) is 5.82 Å². The number of rotatable bonds is 4. The fraction of sp³-hybridized carbons (Fsp3) is 0.231. The summed E-state index contributed by atoms with van der Waals surface area (Å²) in [7, 11) is 0. The number of benzene rings is 1. The van der Waals surface area contributed by atoms with Gasteiger partial charge in [0.25, 0.3) is 0 Å². The highest BCUT2D eigenvalue weighted by Crippen LogP contribution is 2.08. The van der Waals surface area contributed by atoms with Crippen LogP contribution in [0.15, 0.2) is 36.7 Å². The number of hydrogen-bond donors (Lipinski definition) is 1. The summed E-state index contributed by atoms with van der Waals surface area (Å²) >= 11 is 0. The van der Waals surface area contributed by atoms with Crippen LogP contribution in [0, 0.1) is 0 Å². The third-order valence-corrected chi connectivity index (χ3v) is 2.67. The topological polar surface area (TPSA) is 55.1 Å². The van der Waals surface area contributed by atoms with Crippen molar-refractivity contribution in [2.75, 3.05) is 0 Å². The fourth-order valence-corrected chi connectivity index (χ4v) is 1.75. The second-order valence-corrected chi connectivity index (χ2v) is 3.83. The number of imidazole rings is 1. The molecule has 1 aromatic carbocycles. The number of carboxylic acid groups (broad SMARTS) is 1. The van der Waals surface area contributed by atoms with Crippen molar-refractivity contribution in [3.63, 3.8) is 0 Å². The van der Waals surface area contributed by atoms with Gasteiger partial charge in [0.2, 0.25) is 0 Å². The predicted molar refractivity (Wildman–Crippen MR) is 64.1 cm³/mol. The molecule has 0 unspecified atom stereocenters. The molecule has 0 fully saturated rings. The number of nitrogens with zero attached hydrogens (tertiary/aromatic N) is 2. The van der Waals surface area contributed by atoms with Crippen molar-refractivity contribution in [3.8, 4) is 0 Å². The number of carboxylic acids is 1. The Bertz CT molecular complexity index is 514. The molecule has 2 rings (SSSR count). The van der Waals surface area contributed by atoms with Crippen LogP contribution in [-0.2, 0) is 13.0 Å². The van der Waals surface area contributed by atoms with E-state index < -0.39 is 5.97 Å². The highest BCUT2D eigenvalue weighted by Gasteiger charge is 2.04. The fourth-order valence-electron chi connectivity index (χ4n) is 1.75. The Morgan fingerprint density at radius 2 is 2.06 bits per heavy atom. The van der Waals surface area contributed by atoms with Crippen LogP contribution in [0.1, 0.15) is 28.7 Å². The minimum Gasteiger partial charge on any atom is -0.478 e. The van der Waals surface area contributed by atoms with Crippen molar-refractivity contribution >= 4 is 5.97 Å². The van der Waals surface area contributed by atoms with Gasteiger partial charge in [0, 0.05) is 25.4 Å². The summed E-state index contributed by atoms with van der Waals surface area (Å²) in [6, 6.07) is 6.92. The highest BCUT2D eigenvalue weighted by atomic mass is 16.4. The smallest absolute Gasteiger partial charge is 0.335 e. The lowest BCUT2D eigenvalue weighted by Crippen LogP contribution is -2.04. The average molecular weight is 230 g/mol. The SMILES string of the molecule is CCc1nccn1Cc1ccc(C(=O)O)cc1. The second-order valence-electron chi connectivity index (χ2n) is 3.83. The first-order valence-corrected chi connectivity index (χ1v) is 5.53. The van der Waals surface area contributed by atoms with Gasteiger partial charge in [-0.25, -0.2) is 9.78 Å². The van der Waals surface area contributed by atoms with Crippen LogP contribution in [-0.4, -0.2) is 20.6 Å². The largest absolute Gasteiger partial charge is 0.478 e. The molecule has 4 nitrogen and oxygen atoms in total. The first kappa shape index (κ1) is 11.4. The number of aromatic carboxylic acids is 1. The Hall–Kier alpha value is -2.10. The van der Waals surface area contributed by atoms with E-state index in [1.165, 1.54) is 0 Å². The maximum absolute atomic E-state index is 10.7. The van der Waals surface area contributed by atoms with Gasteiger partial charge in [-0.05, 0) is 17.7 Å². The van der Waals surface area contributed by atoms with E-state index in [2.05, 4.69) is 16.5 Å². The molecule has 88 valence electrons. The molecule has 0 saturated carbocycles. The number of aryl methyl sites for hydroxylation is 1. The van der Waals surface area contributed by atoms with Crippen LogP contribution in [0.4, 0.5) is 0 Å². The molecule has 17 heavy (non-hydrogen) atoms. The first-order chi connectivity index (χ1) is 8.20. The molecule has 0 saturated heterocycles. The third kappa shape index (κ3) is 2.53. The molecule has 0 bridgehead atoms. The number of carbonyl (C=O) groups is 1. The van der Waals surface area contributed by atoms with Crippen molar-refractivity contribution in [2.45, 2.75) is 19.9 Å². The lowest BCUT2D eigenvalue weighted by Gasteiger charge is -2.06. The van der Waals surface area contributed by atoms with Gasteiger partial charge < -0.3 is 9.67 Å². The monoisotopic (exact) mass is 230 g/mol. The predicted octanol–water partition coefficient (Wildman–Crippen LogP) is 2.19. The zero-order valence-corrected chi connectivity index (χ0v) is 9.63. The van der Waals surface area contributed by atoms with Crippen molar-refractivity contribution < 1.29 is 9.90 Å². The van der Waals surface area contributed by atoms with Crippen LogP contribution in [0.25, 0.3) is 0 Å². The van der Waals surface area contributed by atoms with Gasteiger partial charge in [0.15, 0.2) is 0 Å². The zero-order valence-electron chi connectivity index (χ0n) is 9.63. The van der Waals surface area contributed by atoms with Gasteiger partial charge in [-0.2, -0.15) is 0 Å². The summed E-state index contributed by atoms with van der Waals surface area (Å²) in [6.07, 6.45) is 4.61. The minimum absolute atomic E-state index is 0.315. The van der Waals surface area contributed by atoms with Gasteiger partial charge in [-0.3, -0.25) is 0 Å². The Kier molecular flexibility index (Phi) is 3.23. The van der Waals surface area contributed by atoms with E-state index >= 15 is 0 Å². The van der Waals surface area contributed by atoms with Crippen molar-refractivity contribution in [2.24, 2.45) is 0 Å². The third-order valence-electron chi connectivity index (χ3n) is 2.67. The van der Waals surface area contributed by atoms with Gasteiger partial charge in [0.05, 0.1) is 5.56 Å². The van der Waals surface area contributed by atoms with E-state index in [1.54, 1.807) is 18.3 Å². The maximum Gasteiger partial charge on any atom is 0.335 e. The normalized spacial score (nSPS) is 10.4. The van der Waals surface area contributed by atoms with Crippen molar-refractivity contribution in [1.82, 2.24) is 9.55 Å². The van der Waals surface area contributed by atoms with E-state index in [1.807, 2.05) is 18.3 Å². The molecule has 0 amide bonds. The lowest BCUT2D eigenvalue weighted by atomic mass is 10.1. The maximum atomic E-state index is 10.7. The van der Waals surface area contributed by atoms with E-state index in [4.69, 9.17) is 5.11 Å². The van der Waals surface area contributed by atoms with E-state index in [0.29, 0.717) is 5.56 Å². The molecule has 0 aliphatic heterocycles. The Morgan fingerprint density at radius 3 is 2.65 bits per heavy atom. The van der Waals surface area contributed by atoms with Crippen molar-refractivity contribution in [1.29, 1.82) is 0 Å². The molecule has 0 radical (unpaired) electrons. The minimum atomic E-state index is -0.895. The lowest BCUT2D eigenvalue weighted by molar-refractivity contribution is 0.0697. The molecular formula is C13H14N2O2. The van der Waals surface area contributed by atoms with Crippen LogP contribution in [0.3, 0.4) is 0 Å². The zero-order chi connectivity index (χ0) is 12.3. The average Bonchev–Trinajstić information content (AvgIpc) is 2.77. The Morgan fingerprint density at radius 1 is 1.35 bits per heavy atom. The van der Waals surface area contributed by atoms with Crippen molar-refractivity contribution in [3.05, 3.63) is 53.6 Å². The number of aromatic nitrogens is 2. The van der Waals surface area contributed by atoms with Crippen LogP contribution in [0.2, 0.25) is 0 Å². The number of hydrogen-bond acceptors (Lipinski definition) is 2. The van der Waals surface area contributed by atoms with E-state index in [9.17, 15) is 4.79 Å². The van der Waals surface area contributed by atoms with E-state index in [0.717, 1.165) is 24.4 Å². The second kappa shape index (κ2) is 4.82. The standard InChI is InChI=1S/C13H14N2O2/c1-2-12-14-7-8-15(12)9-10-3-5-11(6-4-10)13(16)17/h3-8H,2,9H2,1H3,(H,16,17). The molecule has 0 atom stereocenters. The quantitative estimate of drug-likeness (QED) is 0.876. The van der Waals surface area contributed by atoms with Gasteiger partial charge in [-0.15, -0.1) is 0 Å². The Labute approximate surface area is 99.5 Å². The molecule has 0 aliphatic carbocycles. The molecule has 1 aromatic heterocycles. The molecule has 0 aliphatic rings. The molecule has 1 N–H and O–H groups in total. The Balaban J connectivity index is 2.16. The summed E-state index contributed by atoms with van der Waals surface area (Å²) in [6.45, 7) is 2.79. The molecule has 2 aromatic rings. The molecule has 1 heterocycles. The summed E-state index contributed by atoms with van der Waals surface area (Å²) in [5, 5.41) is 8.80. The summed E-state index contributed by atoms with van der Waals surface area (Å²) in [4.78, 5) is 15.0. The molecule has 4 heteroatoms. The summed E-state index contributed by atoms with van der Waals surface area (Å²) in [5.74, 6) is 0.140. The molecule has 0 spiro atoms. The van der Waals surface area contributed by atoms with Crippen LogP contribution in [0.5, 0.6) is 0 Å². The molecular weight excluding hydrogens is 216 g/mol. The summed E-state index contributed by atoms with van der Waals surface area (Å²) < 4.78 is 2.07. The highest BCUT2D eigenvalue weighted by molar-refractivity contribution is 5.87. The van der Waals surface area contributed by atoms with Gasteiger partial charge >= 0.3 is 5.97 Å². The van der Waals surface area contributed by atoms with Gasteiger partial charge in [-0.1, -0.05) is 19.1 Å². The summed E-state index contributed by atoms with van der Waals surface area (Å²) in [5.41, 5.74) is 1.39. The van der Waals surface area contributed by atoms with Crippen LogP contribution < -0.4 is 0 Å². The van der Waals surface area contributed by atoms with Crippen LogP contribution >= 0.6 is 0 Å².